The standard InChI is InChI=1S/C15H24O4S.C4H10O.Na/c1-2-3-4-5-6-7-8-11-14-12-9-10-13-15(14)19-20(16,17)18;1-3-5-4-2;/h9-10,12-13H,2-8,11H2,1H3,(H,16,17,18);3-4H2,1-2H3;/q;;+1/p-1. The molecule has 146 valence electrons. The maximum atomic E-state index is 10.7. The molecule has 0 saturated heterocycles. The predicted octanol–water partition coefficient (Wildman–Crippen LogP) is 1.87. The molecule has 0 saturated carbocycles. The van der Waals surface area contributed by atoms with Gasteiger partial charge in [0.2, 0.25) is 0 Å². The molecule has 0 aromatic heterocycles. The number of ether oxygens (including phenoxy) is 1. The molecule has 1 aromatic carbocycles. The van der Waals surface area contributed by atoms with E-state index in [1.165, 1.54) is 38.2 Å². The van der Waals surface area contributed by atoms with E-state index in [9.17, 15) is 13.0 Å². The molecule has 0 atom stereocenters. The van der Waals surface area contributed by atoms with Crippen molar-refractivity contribution in [1.29, 1.82) is 0 Å². The summed E-state index contributed by atoms with van der Waals surface area (Å²) < 4.78 is 41.2. The van der Waals surface area contributed by atoms with Crippen molar-refractivity contribution in [2.45, 2.75) is 72.1 Å². The quantitative estimate of drug-likeness (QED) is 0.233. The van der Waals surface area contributed by atoms with Crippen molar-refractivity contribution in [2.24, 2.45) is 0 Å². The summed E-state index contributed by atoms with van der Waals surface area (Å²) in [6, 6.07) is 6.80. The van der Waals surface area contributed by atoms with Crippen LogP contribution < -0.4 is 33.7 Å². The fraction of sp³-hybridized carbons (Fsp3) is 0.684. The van der Waals surface area contributed by atoms with Gasteiger partial charge in [0.1, 0.15) is 5.75 Å². The molecule has 0 aliphatic carbocycles. The first-order valence-corrected chi connectivity index (χ1v) is 10.6. The minimum atomic E-state index is -4.70. The molecule has 0 N–H and O–H groups in total. The van der Waals surface area contributed by atoms with Gasteiger partial charge in [-0.1, -0.05) is 63.6 Å². The molecule has 7 heteroatoms. The minimum Gasteiger partial charge on any atom is -0.716 e. The molecule has 26 heavy (non-hydrogen) atoms. The van der Waals surface area contributed by atoms with Crippen LogP contribution in [0.4, 0.5) is 0 Å². The largest absolute Gasteiger partial charge is 1.00 e. The second-order valence-electron chi connectivity index (χ2n) is 5.75. The monoisotopic (exact) mass is 396 g/mol. The van der Waals surface area contributed by atoms with E-state index in [0.717, 1.165) is 38.0 Å². The van der Waals surface area contributed by atoms with E-state index in [-0.39, 0.29) is 35.3 Å². The van der Waals surface area contributed by atoms with Crippen LogP contribution in [0.2, 0.25) is 0 Å². The van der Waals surface area contributed by atoms with Crippen molar-refractivity contribution in [3.63, 3.8) is 0 Å². The van der Waals surface area contributed by atoms with Crippen LogP contribution in [0.15, 0.2) is 24.3 Å². The third kappa shape index (κ3) is 17.3. The zero-order valence-electron chi connectivity index (χ0n) is 16.8. The molecular formula is C19H33NaO5S. The Morgan fingerprint density at radius 1 is 0.885 bits per heavy atom. The van der Waals surface area contributed by atoms with Crippen molar-refractivity contribution in [3.05, 3.63) is 29.8 Å². The van der Waals surface area contributed by atoms with Crippen molar-refractivity contribution in [1.82, 2.24) is 0 Å². The van der Waals surface area contributed by atoms with Crippen molar-refractivity contribution < 1.29 is 51.4 Å². The number of aryl methyl sites for hydroxylation is 1. The normalized spacial score (nSPS) is 10.5. The van der Waals surface area contributed by atoms with Crippen LogP contribution >= 0.6 is 0 Å². The van der Waals surface area contributed by atoms with Crippen molar-refractivity contribution in [3.8, 4) is 5.75 Å². The van der Waals surface area contributed by atoms with Crippen molar-refractivity contribution >= 4 is 10.4 Å². The van der Waals surface area contributed by atoms with E-state index < -0.39 is 10.4 Å². The average molecular weight is 397 g/mol. The third-order valence-corrected chi connectivity index (χ3v) is 4.01. The summed E-state index contributed by atoms with van der Waals surface area (Å²) in [6.45, 7) is 7.86. The average Bonchev–Trinajstić information content (AvgIpc) is 2.55. The summed E-state index contributed by atoms with van der Waals surface area (Å²) >= 11 is 0. The summed E-state index contributed by atoms with van der Waals surface area (Å²) in [7, 11) is -4.70. The number of hydrogen-bond donors (Lipinski definition) is 0. The summed E-state index contributed by atoms with van der Waals surface area (Å²) in [5.41, 5.74) is 0.778. The zero-order chi connectivity index (χ0) is 19.0. The Morgan fingerprint density at radius 3 is 1.92 bits per heavy atom. The first-order chi connectivity index (χ1) is 11.9. The summed E-state index contributed by atoms with van der Waals surface area (Å²) in [5, 5.41) is 0. The summed E-state index contributed by atoms with van der Waals surface area (Å²) in [6.07, 6.45) is 9.09. The van der Waals surface area contributed by atoms with Gasteiger partial charge in [-0.3, -0.25) is 0 Å². The number of unbranched alkanes of at least 4 members (excludes halogenated alkanes) is 6. The number of benzene rings is 1. The van der Waals surface area contributed by atoms with E-state index in [1.54, 1.807) is 12.1 Å². The van der Waals surface area contributed by atoms with Crippen LogP contribution in [0.5, 0.6) is 5.75 Å². The van der Waals surface area contributed by atoms with E-state index in [1.807, 2.05) is 19.9 Å². The first-order valence-electron chi connectivity index (χ1n) is 9.25. The maximum Gasteiger partial charge on any atom is 1.00 e. The van der Waals surface area contributed by atoms with Gasteiger partial charge < -0.3 is 13.5 Å². The molecule has 5 nitrogen and oxygen atoms in total. The van der Waals surface area contributed by atoms with Gasteiger partial charge >= 0.3 is 29.6 Å². The number of rotatable bonds is 12. The molecule has 0 aliphatic heterocycles. The van der Waals surface area contributed by atoms with Gasteiger partial charge in [0.05, 0.1) is 0 Å². The molecule has 0 radical (unpaired) electrons. The van der Waals surface area contributed by atoms with Crippen LogP contribution in [0.1, 0.15) is 71.3 Å². The Labute approximate surface area is 182 Å². The Bertz CT molecular complexity index is 532. The van der Waals surface area contributed by atoms with E-state index in [2.05, 4.69) is 11.1 Å². The second-order valence-corrected chi connectivity index (χ2v) is 6.74. The van der Waals surface area contributed by atoms with Gasteiger partial charge in [-0.25, -0.2) is 8.42 Å². The number of para-hydroxylation sites is 1. The minimum absolute atomic E-state index is 0. The SMILES string of the molecule is CCCCCCCCCc1ccccc1OS(=O)(=O)[O-].CCOCC.[Na+]. The molecule has 0 spiro atoms. The maximum absolute atomic E-state index is 10.7. The summed E-state index contributed by atoms with van der Waals surface area (Å²) in [4.78, 5) is 0. The van der Waals surface area contributed by atoms with Gasteiger partial charge in [-0.05, 0) is 38.3 Å². The second kappa shape index (κ2) is 18.3. The smallest absolute Gasteiger partial charge is 0.716 e. The van der Waals surface area contributed by atoms with Crippen LogP contribution in [0, 0.1) is 0 Å². The molecule has 0 amide bonds. The van der Waals surface area contributed by atoms with Gasteiger partial charge in [0.25, 0.3) is 10.4 Å². The number of hydrogen-bond acceptors (Lipinski definition) is 5. The van der Waals surface area contributed by atoms with Gasteiger partial charge in [0, 0.05) is 13.2 Å². The molecule has 0 unspecified atom stereocenters. The molecule has 0 aliphatic rings. The van der Waals surface area contributed by atoms with Crippen LogP contribution in [0.3, 0.4) is 0 Å². The predicted molar refractivity (Wildman–Crippen MR) is 101 cm³/mol. The van der Waals surface area contributed by atoms with E-state index in [0.29, 0.717) is 0 Å². The van der Waals surface area contributed by atoms with Gasteiger partial charge in [0.15, 0.2) is 0 Å². The van der Waals surface area contributed by atoms with E-state index >= 15 is 0 Å². The Morgan fingerprint density at radius 2 is 1.42 bits per heavy atom. The van der Waals surface area contributed by atoms with Crippen molar-refractivity contribution in [2.75, 3.05) is 13.2 Å². The first kappa shape index (κ1) is 28.1. The molecule has 1 aromatic rings. The van der Waals surface area contributed by atoms with Gasteiger partial charge in [-0.15, -0.1) is 0 Å². The summed E-state index contributed by atoms with van der Waals surface area (Å²) in [5.74, 6) is 0.161. The fourth-order valence-electron chi connectivity index (χ4n) is 2.38. The molecular weight excluding hydrogens is 363 g/mol. The Kier molecular flexibility index (Phi) is 19.7. The van der Waals surface area contributed by atoms with Crippen LogP contribution in [0.25, 0.3) is 0 Å². The van der Waals surface area contributed by atoms with Gasteiger partial charge in [-0.2, -0.15) is 0 Å². The van der Waals surface area contributed by atoms with Crippen LogP contribution in [-0.4, -0.2) is 26.2 Å². The fourth-order valence-corrected chi connectivity index (χ4v) is 2.76. The molecule has 0 fully saturated rings. The molecule has 0 heterocycles. The molecule has 0 bridgehead atoms. The zero-order valence-corrected chi connectivity index (χ0v) is 19.6. The van der Waals surface area contributed by atoms with Crippen LogP contribution in [-0.2, 0) is 21.6 Å². The Hall–Kier alpha value is -0.110. The molecule has 1 rings (SSSR count). The third-order valence-electron chi connectivity index (χ3n) is 3.62. The Balaban J connectivity index is 0. The topological polar surface area (TPSA) is 75.7 Å². The van der Waals surface area contributed by atoms with E-state index in [4.69, 9.17) is 4.74 Å².